The first-order valence-corrected chi connectivity index (χ1v) is 12.0. The van der Waals surface area contributed by atoms with E-state index in [1.807, 2.05) is 41.5 Å². The summed E-state index contributed by atoms with van der Waals surface area (Å²) in [6.07, 6.45) is 0.654. The number of allylic oxidation sites excluding steroid dienone is 1. The van der Waals surface area contributed by atoms with Crippen molar-refractivity contribution in [3.05, 3.63) is 76.5 Å². The second-order valence-corrected chi connectivity index (χ2v) is 8.63. The molecular formula is C26H27N3O5S. The smallest absolute Gasteiger partial charge is 0.338 e. The molecule has 1 N–H and O–H groups in total. The number of benzene rings is 2. The van der Waals surface area contributed by atoms with Crippen LogP contribution in [0.15, 0.2) is 75.9 Å². The van der Waals surface area contributed by atoms with Gasteiger partial charge in [0.2, 0.25) is 5.91 Å². The van der Waals surface area contributed by atoms with Crippen molar-refractivity contribution in [2.24, 2.45) is 4.99 Å². The fraction of sp³-hybridized carbons (Fsp3) is 0.269. The van der Waals surface area contributed by atoms with E-state index in [4.69, 9.17) is 19.2 Å². The number of amidine groups is 1. The minimum absolute atomic E-state index is 0.0968. The van der Waals surface area contributed by atoms with Gasteiger partial charge in [-0.25, -0.2) is 9.79 Å². The van der Waals surface area contributed by atoms with Crippen molar-refractivity contribution >= 4 is 34.5 Å². The van der Waals surface area contributed by atoms with Crippen molar-refractivity contribution < 1.29 is 23.8 Å². The molecule has 0 fully saturated rings. The maximum absolute atomic E-state index is 13.0. The van der Waals surface area contributed by atoms with Crippen LogP contribution in [0.2, 0.25) is 0 Å². The van der Waals surface area contributed by atoms with E-state index in [0.717, 1.165) is 11.3 Å². The monoisotopic (exact) mass is 493 g/mol. The standard InChI is InChI=1S/C26H27N3O5S/c1-5-20-23(25(31)34-4)24(19-8-6-7-9-21(19)33-3)29-17(15-35-26(29)28-20)14-22(30)27-16-10-12-18(32-2)13-11-16/h6-13,15,24H,5,14H2,1-4H3,(H,27,30)/t24-/m0/s1. The second-order valence-electron chi connectivity index (χ2n) is 7.79. The predicted molar refractivity (Wildman–Crippen MR) is 136 cm³/mol. The molecule has 2 aromatic carbocycles. The van der Waals surface area contributed by atoms with Gasteiger partial charge in [0.1, 0.15) is 11.5 Å². The Morgan fingerprint density at radius 2 is 1.80 bits per heavy atom. The molecule has 2 aliphatic rings. The molecule has 2 aliphatic heterocycles. The Morgan fingerprint density at radius 1 is 1.06 bits per heavy atom. The van der Waals surface area contributed by atoms with Gasteiger partial charge in [0.25, 0.3) is 0 Å². The summed E-state index contributed by atoms with van der Waals surface area (Å²) in [5.74, 6) is 0.696. The molecule has 35 heavy (non-hydrogen) atoms. The number of nitrogens with zero attached hydrogens (tertiary/aromatic N) is 2. The first-order valence-electron chi connectivity index (χ1n) is 11.1. The maximum atomic E-state index is 13.0. The average Bonchev–Trinajstić information content (AvgIpc) is 3.29. The molecule has 9 heteroatoms. The van der Waals surface area contributed by atoms with E-state index in [9.17, 15) is 9.59 Å². The highest BCUT2D eigenvalue weighted by atomic mass is 32.2. The first-order chi connectivity index (χ1) is 17.0. The number of amides is 1. The Kier molecular flexibility index (Phi) is 7.45. The van der Waals surface area contributed by atoms with Crippen LogP contribution in [-0.4, -0.2) is 43.3 Å². The number of carbonyl (C=O) groups is 2. The third-order valence-corrected chi connectivity index (χ3v) is 6.67. The lowest BCUT2D eigenvalue weighted by molar-refractivity contribution is -0.136. The number of hydrogen-bond donors (Lipinski definition) is 1. The van der Waals surface area contributed by atoms with Crippen molar-refractivity contribution in [1.82, 2.24) is 4.90 Å². The van der Waals surface area contributed by atoms with Gasteiger partial charge >= 0.3 is 5.97 Å². The number of rotatable bonds is 8. The van der Waals surface area contributed by atoms with E-state index in [1.165, 1.54) is 18.9 Å². The fourth-order valence-corrected chi connectivity index (χ4v) is 5.08. The summed E-state index contributed by atoms with van der Waals surface area (Å²) in [6.45, 7) is 1.95. The average molecular weight is 494 g/mol. The van der Waals surface area contributed by atoms with Crippen LogP contribution in [-0.2, 0) is 14.3 Å². The van der Waals surface area contributed by atoms with Crippen molar-refractivity contribution in [2.45, 2.75) is 25.8 Å². The van der Waals surface area contributed by atoms with Crippen LogP contribution in [0.4, 0.5) is 5.69 Å². The lowest BCUT2D eigenvalue weighted by atomic mass is 9.92. The number of esters is 1. The highest BCUT2D eigenvalue weighted by Crippen LogP contribution is 2.47. The number of ether oxygens (including phenoxy) is 3. The maximum Gasteiger partial charge on any atom is 0.338 e. The molecule has 0 bridgehead atoms. The van der Waals surface area contributed by atoms with Gasteiger partial charge in [-0.2, -0.15) is 0 Å². The van der Waals surface area contributed by atoms with Gasteiger partial charge in [0.15, 0.2) is 5.17 Å². The Balaban J connectivity index is 1.68. The van der Waals surface area contributed by atoms with Crippen LogP contribution >= 0.6 is 11.8 Å². The predicted octanol–water partition coefficient (Wildman–Crippen LogP) is 4.87. The molecule has 0 saturated carbocycles. The summed E-state index contributed by atoms with van der Waals surface area (Å²) in [6, 6.07) is 14.1. The number of para-hydroxylation sites is 1. The van der Waals surface area contributed by atoms with Crippen molar-refractivity contribution in [1.29, 1.82) is 0 Å². The van der Waals surface area contributed by atoms with Gasteiger partial charge < -0.3 is 24.4 Å². The Hall–Kier alpha value is -3.72. The highest BCUT2D eigenvalue weighted by molar-refractivity contribution is 8.16. The number of methoxy groups -OCH3 is 3. The normalized spacial score (nSPS) is 16.8. The van der Waals surface area contributed by atoms with Gasteiger partial charge in [-0.3, -0.25) is 4.79 Å². The third kappa shape index (κ3) is 4.90. The largest absolute Gasteiger partial charge is 0.497 e. The zero-order chi connectivity index (χ0) is 24.9. The minimum Gasteiger partial charge on any atom is -0.497 e. The number of carbonyl (C=O) groups excluding carboxylic acids is 2. The molecule has 0 aliphatic carbocycles. The van der Waals surface area contributed by atoms with Crippen LogP contribution < -0.4 is 14.8 Å². The van der Waals surface area contributed by atoms with Crippen LogP contribution in [0.5, 0.6) is 11.5 Å². The highest BCUT2D eigenvalue weighted by Gasteiger charge is 2.42. The minimum atomic E-state index is -0.545. The van der Waals surface area contributed by atoms with Gasteiger partial charge in [-0.05, 0) is 42.2 Å². The Labute approximate surface area is 208 Å². The number of anilines is 1. The molecule has 0 aromatic heterocycles. The summed E-state index contributed by atoms with van der Waals surface area (Å²) in [5, 5.41) is 5.53. The molecule has 8 nitrogen and oxygen atoms in total. The lowest BCUT2D eigenvalue weighted by Crippen LogP contribution is -2.37. The number of fused-ring (bicyclic) bond motifs is 1. The molecule has 182 valence electrons. The molecule has 1 atom stereocenters. The molecule has 0 unspecified atom stereocenters. The zero-order valence-electron chi connectivity index (χ0n) is 20.0. The molecule has 2 aromatic rings. The number of aliphatic imine (C=N–C) groups is 1. The third-order valence-electron chi connectivity index (χ3n) is 5.78. The van der Waals surface area contributed by atoms with Crippen molar-refractivity contribution in [2.75, 3.05) is 26.6 Å². The van der Waals surface area contributed by atoms with Crippen molar-refractivity contribution in [3.8, 4) is 11.5 Å². The Morgan fingerprint density at radius 3 is 2.46 bits per heavy atom. The van der Waals surface area contributed by atoms with Gasteiger partial charge in [-0.15, -0.1) is 0 Å². The van der Waals surface area contributed by atoms with Gasteiger partial charge in [0.05, 0.1) is 45.1 Å². The fourth-order valence-electron chi connectivity index (χ4n) is 4.14. The van der Waals surface area contributed by atoms with Crippen LogP contribution in [0.25, 0.3) is 0 Å². The summed E-state index contributed by atoms with van der Waals surface area (Å²) in [4.78, 5) is 32.6. The summed E-state index contributed by atoms with van der Waals surface area (Å²) < 4.78 is 16.0. The van der Waals surface area contributed by atoms with Gasteiger partial charge in [0, 0.05) is 16.9 Å². The Bertz CT molecular complexity index is 1220. The zero-order valence-corrected chi connectivity index (χ0v) is 20.8. The topological polar surface area (TPSA) is 89.5 Å². The molecule has 4 rings (SSSR count). The number of thioether (sulfide) groups is 1. The van der Waals surface area contributed by atoms with Crippen LogP contribution in [0, 0.1) is 0 Å². The molecule has 0 saturated heterocycles. The summed E-state index contributed by atoms with van der Waals surface area (Å²) >= 11 is 1.43. The SMILES string of the molecule is CCC1=C(C(=O)OC)[C@H](c2ccccc2OC)N2C(CC(=O)Nc3ccc(OC)cc3)=CSC2=N1. The second kappa shape index (κ2) is 10.7. The molecule has 1 amide bonds. The van der Waals surface area contributed by atoms with E-state index in [-0.39, 0.29) is 12.3 Å². The van der Waals surface area contributed by atoms with E-state index < -0.39 is 12.0 Å². The summed E-state index contributed by atoms with van der Waals surface area (Å²) in [7, 11) is 4.55. The number of nitrogens with one attached hydrogen (secondary N) is 1. The quantitative estimate of drug-likeness (QED) is 0.525. The number of hydrogen-bond acceptors (Lipinski definition) is 8. The lowest BCUT2D eigenvalue weighted by Gasteiger charge is -2.37. The van der Waals surface area contributed by atoms with E-state index in [0.29, 0.717) is 40.0 Å². The first kappa shape index (κ1) is 24.4. The van der Waals surface area contributed by atoms with E-state index in [1.54, 1.807) is 38.5 Å². The van der Waals surface area contributed by atoms with Crippen LogP contribution in [0.3, 0.4) is 0 Å². The summed E-state index contributed by atoms with van der Waals surface area (Å²) in [5.41, 5.74) is 3.28. The van der Waals surface area contributed by atoms with E-state index >= 15 is 0 Å². The molecule has 0 spiro atoms. The van der Waals surface area contributed by atoms with Gasteiger partial charge in [-0.1, -0.05) is 36.9 Å². The molecule has 2 heterocycles. The molecule has 0 radical (unpaired) electrons. The van der Waals surface area contributed by atoms with Crippen molar-refractivity contribution in [3.63, 3.8) is 0 Å². The molecular weight excluding hydrogens is 466 g/mol. The van der Waals surface area contributed by atoms with E-state index in [2.05, 4.69) is 5.32 Å². The van der Waals surface area contributed by atoms with Crippen LogP contribution in [0.1, 0.15) is 31.4 Å².